The first kappa shape index (κ1) is 21.4. The molecule has 0 radical (unpaired) electrons. The average molecular weight is 422 g/mol. The molecule has 8 nitrogen and oxygen atoms in total. The molecular formula is C22H19FN4O4. The maximum Gasteiger partial charge on any atom is 0.271 e. The molecule has 0 saturated carbocycles. The highest BCUT2D eigenvalue weighted by atomic mass is 19.1. The summed E-state index contributed by atoms with van der Waals surface area (Å²) in [6, 6.07) is 19.0. The van der Waals surface area contributed by atoms with Gasteiger partial charge in [0, 0.05) is 17.8 Å². The summed E-state index contributed by atoms with van der Waals surface area (Å²) in [5, 5.41) is 17.4. The van der Waals surface area contributed by atoms with E-state index in [2.05, 4.69) is 15.8 Å². The number of rotatable bonds is 9. The molecular weight excluding hydrogens is 403 g/mol. The number of carbonyl (C=O) groups excluding carboxylic acids is 1. The minimum atomic E-state index is -0.505. The number of hydrogen-bond acceptors (Lipinski definition) is 6. The van der Waals surface area contributed by atoms with Gasteiger partial charge in [-0.3, -0.25) is 14.9 Å². The van der Waals surface area contributed by atoms with Crippen LogP contribution in [0.4, 0.5) is 15.8 Å². The topological polar surface area (TPSA) is 106 Å². The number of hydrogen-bond donors (Lipinski definition) is 2. The van der Waals surface area contributed by atoms with Gasteiger partial charge in [-0.2, -0.15) is 5.10 Å². The van der Waals surface area contributed by atoms with Crippen LogP contribution in [0, 0.1) is 15.9 Å². The smallest absolute Gasteiger partial charge is 0.271 e. The highest BCUT2D eigenvalue weighted by molar-refractivity contribution is 5.84. The van der Waals surface area contributed by atoms with Gasteiger partial charge in [-0.1, -0.05) is 18.2 Å². The Kier molecular flexibility index (Phi) is 7.26. The molecule has 0 aliphatic rings. The van der Waals surface area contributed by atoms with Crippen molar-refractivity contribution in [1.82, 2.24) is 5.43 Å². The first-order valence-electron chi connectivity index (χ1n) is 9.27. The number of amides is 1. The Bertz CT molecular complexity index is 1070. The number of non-ortho nitro benzene ring substituents is 1. The van der Waals surface area contributed by atoms with Crippen molar-refractivity contribution >= 4 is 23.5 Å². The molecule has 0 fully saturated rings. The summed E-state index contributed by atoms with van der Waals surface area (Å²) in [5.74, 6) is -0.0482. The molecule has 0 bridgehead atoms. The van der Waals surface area contributed by atoms with Crippen LogP contribution in [0.1, 0.15) is 11.1 Å². The van der Waals surface area contributed by atoms with Gasteiger partial charge in [0.05, 0.1) is 17.7 Å². The van der Waals surface area contributed by atoms with Crippen molar-refractivity contribution < 1.29 is 18.8 Å². The molecule has 1 amide bonds. The molecule has 0 heterocycles. The Morgan fingerprint density at radius 2 is 1.84 bits per heavy atom. The summed E-state index contributed by atoms with van der Waals surface area (Å²) in [7, 11) is 0. The van der Waals surface area contributed by atoms with Crippen molar-refractivity contribution in [1.29, 1.82) is 0 Å². The normalized spacial score (nSPS) is 10.6. The van der Waals surface area contributed by atoms with E-state index in [1.165, 1.54) is 36.5 Å². The van der Waals surface area contributed by atoms with Gasteiger partial charge in [-0.05, 0) is 53.6 Å². The lowest BCUT2D eigenvalue weighted by molar-refractivity contribution is -0.384. The van der Waals surface area contributed by atoms with E-state index >= 15 is 0 Å². The predicted molar refractivity (Wildman–Crippen MR) is 114 cm³/mol. The molecule has 0 atom stereocenters. The fourth-order valence-corrected chi connectivity index (χ4v) is 2.53. The van der Waals surface area contributed by atoms with Crippen LogP contribution in [0.5, 0.6) is 5.75 Å². The van der Waals surface area contributed by atoms with E-state index in [4.69, 9.17) is 4.74 Å². The minimum absolute atomic E-state index is 0.0616. The van der Waals surface area contributed by atoms with E-state index in [0.29, 0.717) is 18.0 Å². The van der Waals surface area contributed by atoms with Gasteiger partial charge < -0.3 is 10.1 Å². The van der Waals surface area contributed by atoms with Crippen molar-refractivity contribution in [2.45, 2.75) is 6.61 Å². The van der Waals surface area contributed by atoms with Crippen LogP contribution in [0.3, 0.4) is 0 Å². The van der Waals surface area contributed by atoms with Gasteiger partial charge in [-0.25, -0.2) is 9.82 Å². The molecule has 3 aromatic rings. The fourth-order valence-electron chi connectivity index (χ4n) is 2.53. The summed E-state index contributed by atoms with van der Waals surface area (Å²) in [4.78, 5) is 22.1. The summed E-state index contributed by atoms with van der Waals surface area (Å²) < 4.78 is 18.5. The highest BCUT2D eigenvalue weighted by Crippen LogP contribution is 2.16. The second-order valence-corrected chi connectivity index (χ2v) is 6.44. The third-order valence-electron chi connectivity index (χ3n) is 4.11. The maximum atomic E-state index is 12.9. The summed E-state index contributed by atoms with van der Waals surface area (Å²) in [6.45, 7) is 0.232. The zero-order chi connectivity index (χ0) is 22.1. The molecule has 0 aromatic heterocycles. The molecule has 3 aromatic carbocycles. The van der Waals surface area contributed by atoms with Crippen LogP contribution in [0.2, 0.25) is 0 Å². The molecule has 0 spiro atoms. The van der Waals surface area contributed by atoms with Crippen LogP contribution in [0.25, 0.3) is 0 Å². The lowest BCUT2D eigenvalue weighted by Gasteiger charge is -2.06. The second-order valence-electron chi connectivity index (χ2n) is 6.44. The van der Waals surface area contributed by atoms with E-state index in [-0.39, 0.29) is 18.0 Å². The fraction of sp³-hybridized carbons (Fsp3) is 0.0909. The lowest BCUT2D eigenvalue weighted by Crippen LogP contribution is -2.25. The molecule has 31 heavy (non-hydrogen) atoms. The van der Waals surface area contributed by atoms with E-state index in [9.17, 15) is 19.3 Å². The minimum Gasteiger partial charge on any atom is -0.489 e. The number of anilines is 1. The molecule has 0 aliphatic carbocycles. The van der Waals surface area contributed by atoms with Gasteiger partial charge in [-0.15, -0.1) is 0 Å². The van der Waals surface area contributed by atoms with Gasteiger partial charge in [0.25, 0.3) is 11.6 Å². The standard InChI is InChI=1S/C22H19FN4O4/c23-18-8-4-17(5-9-18)15-31-21-10-6-16(7-11-21)13-25-26-22(28)14-24-19-2-1-3-20(12-19)27(29)30/h1-13,24H,14-15H2,(H,26,28)/b25-13-. The number of halogens is 1. The monoisotopic (exact) mass is 422 g/mol. The second kappa shape index (κ2) is 10.5. The lowest BCUT2D eigenvalue weighted by atomic mass is 10.2. The van der Waals surface area contributed by atoms with E-state index in [1.807, 2.05) is 0 Å². The quantitative estimate of drug-likeness (QED) is 0.309. The average Bonchev–Trinajstić information content (AvgIpc) is 2.78. The van der Waals surface area contributed by atoms with E-state index < -0.39 is 10.8 Å². The third-order valence-corrected chi connectivity index (χ3v) is 4.11. The zero-order valence-corrected chi connectivity index (χ0v) is 16.3. The molecule has 3 rings (SSSR count). The SMILES string of the molecule is O=C(CNc1cccc([N+](=O)[O-])c1)N/N=C\c1ccc(OCc2ccc(F)cc2)cc1. The number of nitrogens with one attached hydrogen (secondary N) is 2. The largest absolute Gasteiger partial charge is 0.489 e. The Labute approximate surface area is 177 Å². The van der Waals surface area contributed by atoms with Crippen LogP contribution in [-0.2, 0) is 11.4 Å². The maximum absolute atomic E-state index is 12.9. The molecule has 0 saturated heterocycles. The molecule has 2 N–H and O–H groups in total. The van der Waals surface area contributed by atoms with Crippen molar-refractivity contribution in [3.63, 3.8) is 0 Å². The van der Waals surface area contributed by atoms with Gasteiger partial charge in [0.1, 0.15) is 18.2 Å². The van der Waals surface area contributed by atoms with Crippen molar-refractivity contribution in [2.24, 2.45) is 5.10 Å². The predicted octanol–water partition coefficient (Wildman–Crippen LogP) is 3.88. The Morgan fingerprint density at radius 3 is 2.55 bits per heavy atom. The van der Waals surface area contributed by atoms with Crippen molar-refractivity contribution in [3.8, 4) is 5.75 Å². The molecule has 0 unspecified atom stereocenters. The van der Waals surface area contributed by atoms with Crippen LogP contribution in [0.15, 0.2) is 77.9 Å². The number of benzene rings is 3. The number of hydrazone groups is 1. The van der Waals surface area contributed by atoms with Gasteiger partial charge in [0.15, 0.2) is 0 Å². The van der Waals surface area contributed by atoms with Gasteiger partial charge in [0.2, 0.25) is 0 Å². The zero-order valence-electron chi connectivity index (χ0n) is 16.3. The molecule has 158 valence electrons. The van der Waals surface area contributed by atoms with Crippen LogP contribution >= 0.6 is 0 Å². The Hall–Kier alpha value is -4.27. The van der Waals surface area contributed by atoms with Crippen molar-refractivity contribution in [2.75, 3.05) is 11.9 Å². The summed E-state index contributed by atoms with van der Waals surface area (Å²) >= 11 is 0. The molecule has 0 aliphatic heterocycles. The number of nitrogens with zero attached hydrogens (tertiary/aromatic N) is 2. The van der Waals surface area contributed by atoms with Crippen LogP contribution in [-0.4, -0.2) is 23.6 Å². The number of ether oxygens (including phenoxy) is 1. The number of nitro groups is 1. The van der Waals surface area contributed by atoms with E-state index in [0.717, 1.165) is 11.1 Å². The third kappa shape index (κ3) is 6.93. The number of nitro benzene ring substituents is 1. The Morgan fingerprint density at radius 1 is 1.10 bits per heavy atom. The highest BCUT2D eigenvalue weighted by Gasteiger charge is 2.06. The van der Waals surface area contributed by atoms with Gasteiger partial charge >= 0.3 is 0 Å². The van der Waals surface area contributed by atoms with E-state index in [1.54, 1.807) is 42.5 Å². The summed E-state index contributed by atoms with van der Waals surface area (Å²) in [5.41, 5.74) is 4.38. The molecule has 9 heteroatoms. The first-order chi connectivity index (χ1) is 15.0. The Balaban J connectivity index is 1.42. The van der Waals surface area contributed by atoms with Crippen LogP contribution < -0.4 is 15.5 Å². The van der Waals surface area contributed by atoms with Crippen molar-refractivity contribution in [3.05, 3.63) is 99.9 Å². The number of carbonyl (C=O) groups is 1. The first-order valence-corrected chi connectivity index (χ1v) is 9.27. The summed E-state index contributed by atoms with van der Waals surface area (Å²) in [6.07, 6.45) is 1.48.